The summed E-state index contributed by atoms with van der Waals surface area (Å²) < 4.78 is 11.2. The summed E-state index contributed by atoms with van der Waals surface area (Å²) in [6, 6.07) is 0. The van der Waals surface area contributed by atoms with Gasteiger partial charge < -0.3 is 9.47 Å². The molecule has 0 amide bonds. The molecule has 2 nitrogen and oxygen atoms in total. The Kier molecular flexibility index (Phi) is 2.90. The van der Waals surface area contributed by atoms with Gasteiger partial charge in [-0.1, -0.05) is 20.3 Å². The van der Waals surface area contributed by atoms with Gasteiger partial charge in [0.15, 0.2) is 5.79 Å². The molecule has 1 heterocycles. The third-order valence-electron chi connectivity index (χ3n) is 2.24. The van der Waals surface area contributed by atoms with Gasteiger partial charge >= 0.3 is 0 Å². The van der Waals surface area contributed by atoms with E-state index < -0.39 is 0 Å². The quantitative estimate of drug-likeness (QED) is 0.627. The molecule has 0 aromatic heterocycles. The Labute approximate surface area is 68.9 Å². The van der Waals surface area contributed by atoms with Gasteiger partial charge in [-0.15, -0.1) is 0 Å². The molecule has 0 radical (unpaired) electrons. The average Bonchev–Trinajstić information content (AvgIpc) is 2.35. The van der Waals surface area contributed by atoms with E-state index in [-0.39, 0.29) is 5.79 Å². The van der Waals surface area contributed by atoms with Gasteiger partial charge in [0, 0.05) is 0 Å². The molecule has 0 saturated carbocycles. The number of ether oxygens (including phenoxy) is 2. The lowest BCUT2D eigenvalue weighted by atomic mass is 10.2. The molecule has 0 bridgehead atoms. The first kappa shape index (κ1) is 9.01. The Hall–Kier alpha value is -0.0800. The van der Waals surface area contributed by atoms with Gasteiger partial charge in [0.25, 0.3) is 0 Å². The molecule has 11 heavy (non-hydrogen) atoms. The SMILES string of the molecule is CCCC1COC(C)(CC)O1. The summed E-state index contributed by atoms with van der Waals surface area (Å²) in [5, 5.41) is 0. The second-order valence-corrected chi connectivity index (χ2v) is 3.33. The molecule has 1 fully saturated rings. The monoisotopic (exact) mass is 158 g/mol. The van der Waals surface area contributed by atoms with Crippen LogP contribution < -0.4 is 0 Å². The first-order chi connectivity index (χ1) is 5.20. The first-order valence-corrected chi connectivity index (χ1v) is 4.52. The summed E-state index contributed by atoms with van der Waals surface area (Å²) in [6.45, 7) is 7.06. The van der Waals surface area contributed by atoms with Gasteiger partial charge in [0.05, 0.1) is 12.7 Å². The van der Waals surface area contributed by atoms with Crippen LogP contribution >= 0.6 is 0 Å². The maximum atomic E-state index is 5.72. The molecule has 66 valence electrons. The lowest BCUT2D eigenvalue weighted by Gasteiger charge is -2.20. The standard InChI is InChI=1S/C9H18O2/c1-4-6-8-7-10-9(3,5-2)11-8/h8H,4-7H2,1-3H3. The maximum absolute atomic E-state index is 5.72. The van der Waals surface area contributed by atoms with Gasteiger partial charge in [-0.3, -0.25) is 0 Å². The summed E-state index contributed by atoms with van der Waals surface area (Å²) in [7, 11) is 0. The van der Waals surface area contributed by atoms with Crippen molar-refractivity contribution in [2.45, 2.75) is 51.9 Å². The lowest BCUT2D eigenvalue weighted by molar-refractivity contribution is -0.155. The minimum absolute atomic E-state index is 0.292. The van der Waals surface area contributed by atoms with Crippen molar-refractivity contribution >= 4 is 0 Å². The van der Waals surface area contributed by atoms with Gasteiger partial charge in [0.1, 0.15) is 0 Å². The van der Waals surface area contributed by atoms with E-state index in [1.807, 2.05) is 6.92 Å². The second kappa shape index (κ2) is 3.55. The van der Waals surface area contributed by atoms with E-state index in [1.165, 1.54) is 6.42 Å². The predicted octanol–water partition coefficient (Wildman–Crippen LogP) is 2.33. The van der Waals surface area contributed by atoms with Crippen LogP contribution in [0.25, 0.3) is 0 Å². The fourth-order valence-electron chi connectivity index (χ4n) is 1.34. The van der Waals surface area contributed by atoms with E-state index in [4.69, 9.17) is 9.47 Å². The summed E-state index contributed by atoms with van der Waals surface area (Å²) in [4.78, 5) is 0. The summed E-state index contributed by atoms with van der Waals surface area (Å²) >= 11 is 0. The molecule has 1 saturated heterocycles. The Balaban J connectivity index is 2.33. The first-order valence-electron chi connectivity index (χ1n) is 4.52. The Morgan fingerprint density at radius 3 is 2.64 bits per heavy atom. The van der Waals surface area contributed by atoms with Crippen LogP contribution in [0, 0.1) is 0 Å². The van der Waals surface area contributed by atoms with E-state index in [0.29, 0.717) is 6.10 Å². The molecule has 2 heteroatoms. The van der Waals surface area contributed by atoms with Crippen LogP contribution in [0.2, 0.25) is 0 Å². The van der Waals surface area contributed by atoms with Crippen molar-refractivity contribution < 1.29 is 9.47 Å². The van der Waals surface area contributed by atoms with Crippen LogP contribution in [-0.4, -0.2) is 18.5 Å². The summed E-state index contributed by atoms with van der Waals surface area (Å²) in [6.07, 6.45) is 3.57. The van der Waals surface area contributed by atoms with Crippen molar-refractivity contribution in [1.82, 2.24) is 0 Å². The Morgan fingerprint density at radius 2 is 2.18 bits per heavy atom. The summed E-state index contributed by atoms with van der Waals surface area (Å²) in [5.41, 5.74) is 0. The van der Waals surface area contributed by atoms with Crippen molar-refractivity contribution in [3.63, 3.8) is 0 Å². The number of hydrogen-bond acceptors (Lipinski definition) is 2. The van der Waals surface area contributed by atoms with E-state index in [1.54, 1.807) is 0 Å². The molecule has 1 aliphatic rings. The zero-order valence-electron chi connectivity index (χ0n) is 7.72. The highest BCUT2D eigenvalue weighted by atomic mass is 16.7. The highest BCUT2D eigenvalue weighted by Crippen LogP contribution is 2.27. The van der Waals surface area contributed by atoms with Gasteiger partial charge in [0.2, 0.25) is 0 Å². The summed E-state index contributed by atoms with van der Waals surface area (Å²) in [5.74, 6) is -0.292. The molecule has 2 unspecified atom stereocenters. The van der Waals surface area contributed by atoms with Crippen molar-refractivity contribution in [3.05, 3.63) is 0 Å². The molecular formula is C9H18O2. The molecule has 1 rings (SSSR count). The molecule has 0 spiro atoms. The van der Waals surface area contributed by atoms with Crippen LogP contribution in [-0.2, 0) is 9.47 Å². The normalized spacial score (nSPS) is 37.9. The topological polar surface area (TPSA) is 18.5 Å². The Bertz CT molecular complexity index is 125. The molecule has 0 aromatic rings. The van der Waals surface area contributed by atoms with Crippen LogP contribution in [0.1, 0.15) is 40.0 Å². The highest BCUT2D eigenvalue weighted by Gasteiger charge is 2.34. The van der Waals surface area contributed by atoms with Crippen molar-refractivity contribution in [3.8, 4) is 0 Å². The van der Waals surface area contributed by atoms with Crippen molar-refractivity contribution in [1.29, 1.82) is 0 Å². The largest absolute Gasteiger partial charge is 0.348 e. The van der Waals surface area contributed by atoms with E-state index in [2.05, 4.69) is 13.8 Å². The molecule has 0 aliphatic carbocycles. The zero-order chi connectivity index (χ0) is 8.32. The van der Waals surface area contributed by atoms with Crippen molar-refractivity contribution in [2.75, 3.05) is 6.61 Å². The van der Waals surface area contributed by atoms with Crippen LogP contribution in [0.15, 0.2) is 0 Å². The minimum Gasteiger partial charge on any atom is -0.348 e. The fourth-order valence-corrected chi connectivity index (χ4v) is 1.34. The van der Waals surface area contributed by atoms with Crippen LogP contribution in [0.3, 0.4) is 0 Å². The average molecular weight is 158 g/mol. The predicted molar refractivity (Wildman–Crippen MR) is 44.4 cm³/mol. The van der Waals surface area contributed by atoms with Crippen LogP contribution in [0.4, 0.5) is 0 Å². The second-order valence-electron chi connectivity index (χ2n) is 3.33. The lowest BCUT2D eigenvalue weighted by Crippen LogP contribution is -2.25. The Morgan fingerprint density at radius 1 is 1.45 bits per heavy atom. The fraction of sp³-hybridized carbons (Fsp3) is 1.00. The van der Waals surface area contributed by atoms with Crippen LogP contribution in [0.5, 0.6) is 0 Å². The number of hydrogen-bond donors (Lipinski definition) is 0. The molecule has 0 aromatic carbocycles. The third-order valence-corrected chi connectivity index (χ3v) is 2.24. The van der Waals surface area contributed by atoms with E-state index in [0.717, 1.165) is 19.4 Å². The minimum atomic E-state index is -0.292. The molecule has 2 atom stereocenters. The highest BCUT2D eigenvalue weighted by molar-refractivity contribution is 4.72. The van der Waals surface area contributed by atoms with Gasteiger partial charge in [-0.2, -0.15) is 0 Å². The smallest absolute Gasteiger partial charge is 0.165 e. The molecule has 1 aliphatic heterocycles. The number of rotatable bonds is 3. The van der Waals surface area contributed by atoms with Gasteiger partial charge in [-0.05, 0) is 19.8 Å². The molecule has 0 N–H and O–H groups in total. The molecular weight excluding hydrogens is 140 g/mol. The van der Waals surface area contributed by atoms with E-state index in [9.17, 15) is 0 Å². The maximum Gasteiger partial charge on any atom is 0.165 e. The third kappa shape index (κ3) is 2.17. The van der Waals surface area contributed by atoms with Crippen molar-refractivity contribution in [2.24, 2.45) is 0 Å². The van der Waals surface area contributed by atoms with Gasteiger partial charge in [-0.25, -0.2) is 0 Å². The van der Waals surface area contributed by atoms with E-state index >= 15 is 0 Å². The zero-order valence-corrected chi connectivity index (χ0v) is 7.72.